The van der Waals surface area contributed by atoms with Gasteiger partial charge in [0.1, 0.15) is 0 Å². The van der Waals surface area contributed by atoms with Crippen LogP contribution in [-0.4, -0.2) is 41.5 Å². The molecule has 0 aliphatic carbocycles. The van der Waals surface area contributed by atoms with E-state index in [0.29, 0.717) is 20.6 Å². The number of allylic oxidation sites excluding steroid dienone is 1. The maximum absolute atomic E-state index is 13.4. The maximum Gasteiger partial charge on any atom is 0.338 e. The van der Waals surface area contributed by atoms with Gasteiger partial charge in [-0.25, -0.2) is 9.79 Å². The van der Waals surface area contributed by atoms with E-state index in [0.717, 1.165) is 16.8 Å². The maximum atomic E-state index is 13.4. The largest absolute Gasteiger partial charge is 0.466 e. The van der Waals surface area contributed by atoms with Crippen LogP contribution in [0.5, 0.6) is 0 Å². The zero-order chi connectivity index (χ0) is 22.3. The molecule has 9 heteroatoms. The molecule has 3 heterocycles. The summed E-state index contributed by atoms with van der Waals surface area (Å²) in [6, 6.07) is 7.17. The second-order valence-electron chi connectivity index (χ2n) is 7.51. The van der Waals surface area contributed by atoms with Gasteiger partial charge in [-0.3, -0.25) is 14.0 Å². The molecule has 0 bridgehead atoms. The number of fused-ring (bicyclic) bond motifs is 1. The minimum atomic E-state index is -0.615. The summed E-state index contributed by atoms with van der Waals surface area (Å²) < 4.78 is 8.82. The molecule has 0 spiro atoms. The van der Waals surface area contributed by atoms with Crippen molar-refractivity contribution in [2.75, 3.05) is 26.1 Å². The second-order valence-corrected chi connectivity index (χ2v) is 8.52. The van der Waals surface area contributed by atoms with E-state index in [-0.39, 0.29) is 5.56 Å². The number of hydrogen-bond acceptors (Lipinski definition) is 7. The Bertz CT molecular complexity index is 1360. The number of nitrogens with zero attached hydrogens (tertiary/aromatic N) is 5. The number of thiazole rings is 1. The number of rotatable bonds is 4. The molecule has 1 aliphatic rings. The molecule has 31 heavy (non-hydrogen) atoms. The third-order valence-electron chi connectivity index (χ3n) is 5.17. The van der Waals surface area contributed by atoms with E-state index in [1.54, 1.807) is 28.4 Å². The van der Waals surface area contributed by atoms with Crippen molar-refractivity contribution in [2.45, 2.75) is 13.0 Å². The summed E-state index contributed by atoms with van der Waals surface area (Å²) in [6.07, 6.45) is 5.32. The SMILES string of the molecule is COC(=O)C1=C(C)N=c2sc(=Cc3cnn(C)c3)c(=O)n2[C@@H]1c1ccc(N(C)C)cc1. The van der Waals surface area contributed by atoms with Gasteiger partial charge in [0, 0.05) is 38.6 Å². The van der Waals surface area contributed by atoms with Gasteiger partial charge in [-0.15, -0.1) is 0 Å². The highest BCUT2D eigenvalue weighted by atomic mass is 32.1. The number of benzene rings is 1. The highest BCUT2D eigenvalue weighted by molar-refractivity contribution is 7.07. The number of methoxy groups -OCH3 is 1. The fourth-order valence-corrected chi connectivity index (χ4v) is 4.68. The number of esters is 1. The monoisotopic (exact) mass is 437 g/mol. The van der Waals surface area contributed by atoms with Gasteiger partial charge in [-0.05, 0) is 30.7 Å². The first-order chi connectivity index (χ1) is 14.8. The van der Waals surface area contributed by atoms with Gasteiger partial charge in [0.2, 0.25) is 0 Å². The molecule has 0 unspecified atom stereocenters. The summed E-state index contributed by atoms with van der Waals surface area (Å²) in [5.41, 5.74) is 3.36. The Morgan fingerprint density at radius 1 is 1.26 bits per heavy atom. The third kappa shape index (κ3) is 3.72. The summed E-state index contributed by atoms with van der Waals surface area (Å²) in [5.74, 6) is -0.496. The average molecular weight is 438 g/mol. The van der Waals surface area contributed by atoms with Gasteiger partial charge in [0.15, 0.2) is 4.80 Å². The molecular formula is C22H23N5O3S. The van der Waals surface area contributed by atoms with Gasteiger partial charge < -0.3 is 9.64 Å². The van der Waals surface area contributed by atoms with Crippen LogP contribution >= 0.6 is 11.3 Å². The number of ether oxygens (including phenoxy) is 1. The Labute approximate surface area is 183 Å². The second kappa shape index (κ2) is 7.99. The molecule has 8 nitrogen and oxygen atoms in total. The molecule has 160 valence electrons. The topological polar surface area (TPSA) is 81.7 Å². The molecule has 0 saturated heterocycles. The fourth-order valence-electron chi connectivity index (χ4n) is 3.63. The van der Waals surface area contributed by atoms with Gasteiger partial charge in [-0.2, -0.15) is 5.10 Å². The van der Waals surface area contributed by atoms with E-state index < -0.39 is 12.0 Å². The first-order valence-corrected chi connectivity index (χ1v) is 10.5. The number of carbonyl (C=O) groups excluding carboxylic acids is 1. The molecule has 2 aromatic heterocycles. The van der Waals surface area contributed by atoms with E-state index >= 15 is 0 Å². The van der Waals surface area contributed by atoms with Crippen molar-refractivity contribution in [3.05, 3.63) is 78.7 Å². The molecule has 0 radical (unpaired) electrons. The normalized spacial score (nSPS) is 16.2. The van der Waals surface area contributed by atoms with Crippen molar-refractivity contribution in [2.24, 2.45) is 12.0 Å². The lowest BCUT2D eigenvalue weighted by Crippen LogP contribution is -2.39. The molecular weight excluding hydrogens is 414 g/mol. The van der Waals surface area contributed by atoms with Crippen LogP contribution in [0.25, 0.3) is 6.08 Å². The van der Waals surface area contributed by atoms with Gasteiger partial charge in [0.25, 0.3) is 5.56 Å². The molecule has 4 rings (SSSR count). The molecule has 0 amide bonds. The van der Waals surface area contributed by atoms with Gasteiger partial charge in [0.05, 0.1) is 35.2 Å². The predicted molar refractivity (Wildman–Crippen MR) is 120 cm³/mol. The van der Waals surface area contributed by atoms with E-state index in [1.807, 2.05) is 56.5 Å². The van der Waals surface area contributed by atoms with Crippen molar-refractivity contribution >= 4 is 29.1 Å². The summed E-state index contributed by atoms with van der Waals surface area (Å²) in [5, 5.41) is 4.15. The summed E-state index contributed by atoms with van der Waals surface area (Å²) in [7, 11) is 7.07. The minimum Gasteiger partial charge on any atom is -0.466 e. The van der Waals surface area contributed by atoms with Crippen LogP contribution in [0.2, 0.25) is 0 Å². The number of hydrogen-bond donors (Lipinski definition) is 0. The number of aromatic nitrogens is 3. The van der Waals surface area contributed by atoms with Crippen molar-refractivity contribution in [3.8, 4) is 0 Å². The molecule has 0 saturated carbocycles. The fraction of sp³-hybridized carbons (Fsp3) is 0.273. The minimum absolute atomic E-state index is 0.205. The molecule has 1 aliphatic heterocycles. The van der Waals surface area contributed by atoms with Crippen LogP contribution in [0.3, 0.4) is 0 Å². The van der Waals surface area contributed by atoms with Crippen LogP contribution in [0, 0.1) is 0 Å². The van der Waals surface area contributed by atoms with E-state index in [1.165, 1.54) is 18.4 Å². The Balaban J connectivity index is 1.95. The Hall–Kier alpha value is -3.46. The van der Waals surface area contributed by atoms with Gasteiger partial charge in [-0.1, -0.05) is 23.5 Å². The zero-order valence-electron chi connectivity index (χ0n) is 18.0. The Morgan fingerprint density at radius 3 is 2.55 bits per heavy atom. The van der Waals surface area contributed by atoms with Crippen LogP contribution < -0.4 is 19.8 Å². The lowest BCUT2D eigenvalue weighted by Gasteiger charge is -2.25. The first-order valence-electron chi connectivity index (χ1n) is 9.67. The van der Waals surface area contributed by atoms with E-state index in [9.17, 15) is 9.59 Å². The van der Waals surface area contributed by atoms with Crippen LogP contribution in [0.15, 0.2) is 57.7 Å². The van der Waals surface area contributed by atoms with Crippen LogP contribution in [0.1, 0.15) is 24.1 Å². The Kier molecular flexibility index (Phi) is 5.36. The highest BCUT2D eigenvalue weighted by Gasteiger charge is 2.33. The standard InChI is InChI=1S/C22H23N5O3S/c1-13-18(21(29)30-5)19(15-6-8-16(9-7-15)25(2)3)27-20(28)17(31-22(27)24-13)10-14-11-23-26(4)12-14/h6-12,19H,1-5H3/t19-/m1/s1. The number of carbonyl (C=O) groups is 1. The van der Waals surface area contributed by atoms with Crippen molar-refractivity contribution in [1.29, 1.82) is 0 Å². The molecule has 1 atom stereocenters. The van der Waals surface area contributed by atoms with Crippen molar-refractivity contribution in [1.82, 2.24) is 14.3 Å². The lowest BCUT2D eigenvalue weighted by molar-refractivity contribution is -0.136. The average Bonchev–Trinajstić information content (AvgIpc) is 3.29. The zero-order valence-corrected chi connectivity index (χ0v) is 18.8. The predicted octanol–water partition coefficient (Wildman–Crippen LogP) is 1.21. The van der Waals surface area contributed by atoms with Crippen molar-refractivity contribution in [3.63, 3.8) is 0 Å². The molecule has 0 fully saturated rings. The van der Waals surface area contributed by atoms with E-state index in [2.05, 4.69) is 10.1 Å². The lowest BCUT2D eigenvalue weighted by atomic mass is 9.95. The summed E-state index contributed by atoms with van der Waals surface area (Å²) >= 11 is 1.29. The number of anilines is 1. The quantitative estimate of drug-likeness (QED) is 0.573. The summed E-state index contributed by atoms with van der Waals surface area (Å²) in [4.78, 5) is 33.2. The van der Waals surface area contributed by atoms with E-state index in [4.69, 9.17) is 4.74 Å². The third-order valence-corrected chi connectivity index (χ3v) is 6.16. The Morgan fingerprint density at radius 2 is 1.97 bits per heavy atom. The van der Waals surface area contributed by atoms with Gasteiger partial charge >= 0.3 is 5.97 Å². The number of aryl methyl sites for hydroxylation is 1. The molecule has 0 N–H and O–H groups in total. The summed E-state index contributed by atoms with van der Waals surface area (Å²) in [6.45, 7) is 1.77. The van der Waals surface area contributed by atoms with Crippen LogP contribution in [-0.2, 0) is 16.6 Å². The first kappa shape index (κ1) is 20.8. The van der Waals surface area contributed by atoms with Crippen molar-refractivity contribution < 1.29 is 9.53 Å². The smallest absolute Gasteiger partial charge is 0.338 e. The van der Waals surface area contributed by atoms with Crippen LogP contribution in [0.4, 0.5) is 5.69 Å². The molecule has 1 aromatic carbocycles. The highest BCUT2D eigenvalue weighted by Crippen LogP contribution is 2.31. The molecule has 3 aromatic rings.